The SMILES string of the molecule is [C-]#[N+]CC1(c2ccc(Cl)cc2)CC=C(OS(=O)(=O)C(F)(F)F)CC1. The molecule has 1 aromatic rings. The number of hydrogen-bond donors (Lipinski definition) is 0. The first-order valence-corrected chi connectivity index (χ1v) is 8.67. The summed E-state index contributed by atoms with van der Waals surface area (Å²) in [5.41, 5.74) is -5.23. The Morgan fingerprint density at radius 2 is 1.92 bits per heavy atom. The van der Waals surface area contributed by atoms with Gasteiger partial charge in [-0.1, -0.05) is 23.7 Å². The summed E-state index contributed by atoms with van der Waals surface area (Å²) in [6, 6.07) is 6.87. The lowest BCUT2D eigenvalue weighted by Crippen LogP contribution is -2.32. The van der Waals surface area contributed by atoms with Gasteiger partial charge in [-0.05, 0) is 36.6 Å². The number of hydrogen-bond acceptors (Lipinski definition) is 3. The zero-order chi connectivity index (χ0) is 18.0. The van der Waals surface area contributed by atoms with Crippen molar-refractivity contribution < 1.29 is 25.8 Å². The summed E-state index contributed by atoms with van der Waals surface area (Å²) >= 11 is 5.85. The van der Waals surface area contributed by atoms with E-state index in [-0.39, 0.29) is 25.1 Å². The maximum atomic E-state index is 12.4. The van der Waals surface area contributed by atoms with Gasteiger partial charge in [0.25, 0.3) is 0 Å². The molecule has 1 aromatic carbocycles. The molecule has 0 amide bonds. The number of allylic oxidation sites excluding steroid dienone is 2. The van der Waals surface area contributed by atoms with E-state index in [0.29, 0.717) is 11.4 Å². The van der Waals surface area contributed by atoms with E-state index >= 15 is 0 Å². The van der Waals surface area contributed by atoms with Crippen molar-refractivity contribution in [3.8, 4) is 0 Å². The fourth-order valence-electron chi connectivity index (χ4n) is 2.59. The second-order valence-electron chi connectivity index (χ2n) is 5.46. The summed E-state index contributed by atoms with van der Waals surface area (Å²) in [6.07, 6.45) is 1.82. The molecule has 0 aromatic heterocycles. The van der Waals surface area contributed by atoms with Gasteiger partial charge in [-0.2, -0.15) is 21.6 Å². The third kappa shape index (κ3) is 3.84. The summed E-state index contributed by atoms with van der Waals surface area (Å²) in [7, 11) is -5.66. The molecule has 0 fully saturated rings. The number of rotatable bonds is 4. The van der Waals surface area contributed by atoms with Gasteiger partial charge in [0.05, 0.1) is 5.41 Å². The van der Waals surface area contributed by atoms with Crippen LogP contribution < -0.4 is 0 Å². The average Bonchev–Trinajstić information content (AvgIpc) is 2.49. The highest BCUT2D eigenvalue weighted by molar-refractivity contribution is 7.87. The van der Waals surface area contributed by atoms with Crippen LogP contribution in [-0.4, -0.2) is 20.5 Å². The van der Waals surface area contributed by atoms with E-state index in [0.717, 1.165) is 5.56 Å². The number of benzene rings is 1. The third-order valence-electron chi connectivity index (χ3n) is 3.91. The molecular weight excluding hydrogens is 367 g/mol. The Balaban J connectivity index is 2.25. The Labute approximate surface area is 142 Å². The highest BCUT2D eigenvalue weighted by Crippen LogP contribution is 2.41. The molecular formula is C15H13ClF3NO3S. The Morgan fingerprint density at radius 1 is 1.29 bits per heavy atom. The molecule has 9 heteroatoms. The highest BCUT2D eigenvalue weighted by atomic mass is 35.5. The molecule has 1 aliphatic carbocycles. The molecule has 2 rings (SSSR count). The van der Waals surface area contributed by atoms with Crippen LogP contribution in [0.1, 0.15) is 24.8 Å². The predicted octanol–water partition coefficient (Wildman–Crippen LogP) is 4.43. The van der Waals surface area contributed by atoms with Crippen molar-refractivity contribution in [2.45, 2.75) is 30.2 Å². The molecule has 1 aliphatic rings. The first-order chi connectivity index (χ1) is 11.1. The summed E-state index contributed by atoms with van der Waals surface area (Å²) in [4.78, 5) is 3.42. The van der Waals surface area contributed by atoms with Crippen LogP contribution >= 0.6 is 11.6 Å². The zero-order valence-corrected chi connectivity index (χ0v) is 13.9. The van der Waals surface area contributed by atoms with E-state index in [2.05, 4.69) is 9.03 Å². The number of alkyl halides is 3. The minimum atomic E-state index is -5.66. The fourth-order valence-corrected chi connectivity index (χ4v) is 3.25. The predicted molar refractivity (Wildman–Crippen MR) is 82.6 cm³/mol. The molecule has 0 heterocycles. The molecule has 24 heavy (non-hydrogen) atoms. The van der Waals surface area contributed by atoms with Crippen LogP contribution in [0, 0.1) is 6.57 Å². The lowest BCUT2D eigenvalue weighted by molar-refractivity contribution is -0.0524. The smallest absolute Gasteiger partial charge is 0.381 e. The largest absolute Gasteiger partial charge is 0.534 e. The van der Waals surface area contributed by atoms with Gasteiger partial charge < -0.3 is 9.03 Å². The second-order valence-corrected chi connectivity index (χ2v) is 7.44. The first kappa shape index (κ1) is 18.6. The Bertz CT molecular complexity index is 782. The molecule has 1 atom stereocenters. The number of nitrogens with zero attached hydrogens (tertiary/aromatic N) is 1. The minimum absolute atomic E-state index is 0.00649. The van der Waals surface area contributed by atoms with Crippen LogP contribution in [0.25, 0.3) is 4.85 Å². The van der Waals surface area contributed by atoms with Crippen molar-refractivity contribution in [1.82, 2.24) is 0 Å². The summed E-state index contributed by atoms with van der Waals surface area (Å²) in [5, 5.41) is 0.531. The number of halogens is 4. The molecule has 0 radical (unpaired) electrons. The summed E-state index contributed by atoms with van der Waals surface area (Å²) in [5.74, 6) is -0.248. The minimum Gasteiger partial charge on any atom is -0.381 e. The van der Waals surface area contributed by atoms with E-state index in [4.69, 9.17) is 18.2 Å². The van der Waals surface area contributed by atoms with Crippen molar-refractivity contribution in [3.63, 3.8) is 0 Å². The van der Waals surface area contributed by atoms with Crippen LogP contribution in [0.3, 0.4) is 0 Å². The van der Waals surface area contributed by atoms with Crippen molar-refractivity contribution in [2.75, 3.05) is 6.54 Å². The highest BCUT2D eigenvalue weighted by Gasteiger charge is 2.49. The topological polar surface area (TPSA) is 47.7 Å². The second kappa shape index (κ2) is 6.65. The monoisotopic (exact) mass is 379 g/mol. The fraction of sp³-hybridized carbons (Fsp3) is 0.400. The molecule has 0 bridgehead atoms. The molecule has 1 unspecified atom stereocenters. The van der Waals surface area contributed by atoms with Gasteiger partial charge in [-0.15, -0.1) is 0 Å². The van der Waals surface area contributed by atoms with Gasteiger partial charge in [-0.25, -0.2) is 6.57 Å². The van der Waals surface area contributed by atoms with Crippen LogP contribution in [0.5, 0.6) is 0 Å². The van der Waals surface area contributed by atoms with E-state index in [1.807, 2.05) is 0 Å². The molecule has 0 aliphatic heterocycles. The Kier molecular flexibility index (Phi) is 5.16. The van der Waals surface area contributed by atoms with Gasteiger partial charge >= 0.3 is 15.6 Å². The molecule has 0 spiro atoms. The molecule has 0 saturated heterocycles. The standard InChI is InChI=1S/C15H13ClF3NO3S/c1-20-10-14(11-2-4-12(16)5-3-11)8-6-13(7-9-14)23-24(21,22)15(17,18)19/h2-6H,7-10H2. The molecule has 0 N–H and O–H groups in total. The maximum absolute atomic E-state index is 12.4. The van der Waals surface area contributed by atoms with Crippen LogP contribution in [-0.2, 0) is 19.7 Å². The summed E-state index contributed by atoms with van der Waals surface area (Å²) in [6.45, 7) is 7.26. The quantitative estimate of drug-likeness (QED) is 0.441. The van der Waals surface area contributed by atoms with E-state index < -0.39 is 21.0 Å². The van der Waals surface area contributed by atoms with Gasteiger partial charge in [0.15, 0.2) is 0 Å². The van der Waals surface area contributed by atoms with Crippen molar-refractivity contribution in [2.24, 2.45) is 0 Å². The third-order valence-corrected chi connectivity index (χ3v) is 5.16. The normalized spacial score (nSPS) is 21.7. The van der Waals surface area contributed by atoms with Gasteiger partial charge in [-0.3, -0.25) is 0 Å². The lowest BCUT2D eigenvalue weighted by atomic mass is 9.71. The Hall–Kier alpha value is -1.72. The van der Waals surface area contributed by atoms with Crippen LogP contribution in [0.15, 0.2) is 36.1 Å². The zero-order valence-electron chi connectivity index (χ0n) is 12.3. The first-order valence-electron chi connectivity index (χ1n) is 6.89. The van der Waals surface area contributed by atoms with Gasteiger partial charge in [0.1, 0.15) is 5.76 Å². The van der Waals surface area contributed by atoms with Crippen LogP contribution in [0.2, 0.25) is 5.02 Å². The van der Waals surface area contributed by atoms with Crippen LogP contribution in [0.4, 0.5) is 13.2 Å². The molecule has 130 valence electrons. The molecule has 4 nitrogen and oxygen atoms in total. The van der Waals surface area contributed by atoms with Gasteiger partial charge in [0, 0.05) is 11.4 Å². The van der Waals surface area contributed by atoms with E-state index in [9.17, 15) is 21.6 Å². The Morgan fingerprint density at radius 3 is 2.38 bits per heavy atom. The maximum Gasteiger partial charge on any atom is 0.534 e. The van der Waals surface area contributed by atoms with Crippen molar-refractivity contribution >= 4 is 21.7 Å². The van der Waals surface area contributed by atoms with Gasteiger partial charge in [0.2, 0.25) is 6.54 Å². The van der Waals surface area contributed by atoms with Crippen molar-refractivity contribution in [3.05, 3.63) is 58.1 Å². The molecule has 0 saturated carbocycles. The van der Waals surface area contributed by atoms with E-state index in [1.54, 1.807) is 24.3 Å². The summed E-state index contributed by atoms with van der Waals surface area (Å²) < 4.78 is 63.4. The van der Waals surface area contributed by atoms with Crippen molar-refractivity contribution in [1.29, 1.82) is 0 Å². The lowest BCUT2D eigenvalue weighted by Gasteiger charge is -2.32. The van der Waals surface area contributed by atoms with E-state index in [1.165, 1.54) is 6.08 Å². The average molecular weight is 380 g/mol.